The fourth-order valence-electron chi connectivity index (χ4n) is 0.632. The summed E-state index contributed by atoms with van der Waals surface area (Å²) in [5.41, 5.74) is 0. The molecule has 0 unspecified atom stereocenters. The van der Waals surface area contributed by atoms with Crippen molar-refractivity contribution < 1.29 is 57.7 Å². The fourth-order valence-corrected chi connectivity index (χ4v) is 3.42. The Bertz CT molecular complexity index is 482. The van der Waals surface area contributed by atoms with Crippen molar-refractivity contribution in [3.05, 3.63) is 0 Å². The first kappa shape index (κ1) is 27.2. The molecule has 26 heavy (non-hydrogen) atoms. The SMILES string of the molecule is O=P(OC(Cl)(Cl)C(F)(F)F)(OC(Cl)(Cl)C(F)(F)F)OC(Cl)(Cl)C(F)(F)F. The molecule has 0 aliphatic carbocycles. The molecule has 0 saturated carbocycles. The highest BCUT2D eigenvalue weighted by Gasteiger charge is 2.67. The summed E-state index contributed by atoms with van der Waals surface area (Å²) in [4.78, 5) is 0. The van der Waals surface area contributed by atoms with Gasteiger partial charge in [0.2, 0.25) is 0 Å². The number of alkyl halides is 15. The number of halogens is 15. The molecule has 0 fully saturated rings. The van der Waals surface area contributed by atoms with E-state index in [1.807, 2.05) is 0 Å². The molecular formula is C6Cl6F9O4P. The Labute approximate surface area is 167 Å². The van der Waals surface area contributed by atoms with Crippen molar-refractivity contribution in [2.24, 2.45) is 0 Å². The van der Waals surface area contributed by atoms with Crippen molar-refractivity contribution in [3.63, 3.8) is 0 Å². The van der Waals surface area contributed by atoms with Gasteiger partial charge in [0.1, 0.15) is 0 Å². The highest BCUT2D eigenvalue weighted by Crippen LogP contribution is 2.66. The Morgan fingerprint density at radius 1 is 0.500 bits per heavy atom. The summed E-state index contributed by atoms with van der Waals surface area (Å²) in [6, 6.07) is 0. The maximum absolute atomic E-state index is 12.5. The first-order chi connectivity index (χ1) is 10.9. The Hall–Kier alpha value is 1.22. The lowest BCUT2D eigenvalue weighted by molar-refractivity contribution is -0.218. The van der Waals surface area contributed by atoms with Crippen LogP contribution in [0.25, 0.3) is 0 Å². The Balaban J connectivity index is 6.10. The summed E-state index contributed by atoms with van der Waals surface area (Å²) in [6.07, 6.45) is -17.8. The zero-order valence-corrected chi connectivity index (χ0v) is 16.2. The molecular weight excluding hydrogens is 551 g/mol. The first-order valence-corrected chi connectivity index (χ1v) is 8.66. The van der Waals surface area contributed by atoms with E-state index in [4.69, 9.17) is 0 Å². The van der Waals surface area contributed by atoms with Crippen LogP contribution in [-0.2, 0) is 18.1 Å². The number of rotatable bonds is 6. The van der Waals surface area contributed by atoms with Gasteiger partial charge in [0.25, 0.3) is 0 Å². The Kier molecular flexibility index (Phi) is 8.17. The smallest absolute Gasteiger partial charge is 0.240 e. The summed E-state index contributed by atoms with van der Waals surface area (Å²) < 4.78 is 120. The minimum absolute atomic E-state index is 3.23. The van der Waals surface area contributed by atoms with Gasteiger partial charge < -0.3 is 0 Å². The third-order valence-electron chi connectivity index (χ3n) is 1.67. The molecule has 0 saturated heterocycles. The van der Waals surface area contributed by atoms with Gasteiger partial charge >= 0.3 is 39.9 Å². The van der Waals surface area contributed by atoms with Crippen LogP contribution in [0.4, 0.5) is 39.5 Å². The van der Waals surface area contributed by atoms with Gasteiger partial charge in [-0.2, -0.15) is 39.5 Å². The van der Waals surface area contributed by atoms with Crippen LogP contribution >= 0.6 is 77.4 Å². The molecule has 0 radical (unpaired) electrons. The standard InChI is InChI=1S/C6Cl6F9O4P/c7-1(8,4(13,14)15)23-26(22,24-2(9,10)5(16,17)18)25-3(11,12)6(19,20)21. The quantitative estimate of drug-likeness (QED) is 0.199. The third kappa shape index (κ3) is 6.93. The minimum Gasteiger partial charge on any atom is -0.240 e. The fraction of sp³-hybridized carbons (Fsp3) is 1.00. The van der Waals surface area contributed by atoms with E-state index in [9.17, 15) is 44.1 Å². The van der Waals surface area contributed by atoms with E-state index in [1.165, 1.54) is 0 Å². The molecule has 0 aliphatic heterocycles. The predicted octanol–water partition coefficient (Wildman–Crippen LogP) is 7.23. The Morgan fingerprint density at radius 3 is 0.769 bits per heavy atom. The van der Waals surface area contributed by atoms with E-state index >= 15 is 0 Å². The molecule has 0 aliphatic rings. The summed E-state index contributed by atoms with van der Waals surface area (Å²) in [6.45, 7) is 0. The average molecular weight is 551 g/mol. The molecule has 0 heterocycles. The number of hydrogen-bond donors (Lipinski definition) is 0. The maximum Gasteiger partial charge on any atom is 0.483 e. The molecule has 0 aromatic carbocycles. The lowest BCUT2D eigenvalue weighted by Gasteiger charge is -2.34. The van der Waals surface area contributed by atoms with Gasteiger partial charge in [0.15, 0.2) is 0 Å². The van der Waals surface area contributed by atoms with Crippen LogP contribution in [-0.4, -0.2) is 32.1 Å². The second-order valence-corrected chi connectivity index (χ2v) is 8.98. The zero-order valence-electron chi connectivity index (χ0n) is 10.7. The summed E-state index contributed by atoms with van der Waals surface area (Å²) in [5, 5.41) is 0. The van der Waals surface area contributed by atoms with Crippen molar-refractivity contribution in [1.29, 1.82) is 0 Å². The summed E-state index contributed by atoms with van der Waals surface area (Å²) >= 11 is 27.2. The molecule has 0 bridgehead atoms. The zero-order chi connectivity index (χ0) is 21.6. The molecule has 0 amide bonds. The normalized spacial score (nSPS) is 16.1. The molecule has 4 nitrogen and oxygen atoms in total. The van der Waals surface area contributed by atoms with Crippen LogP contribution in [0.5, 0.6) is 0 Å². The van der Waals surface area contributed by atoms with Crippen molar-refractivity contribution in [2.45, 2.75) is 32.1 Å². The molecule has 0 rings (SSSR count). The molecule has 158 valence electrons. The largest absolute Gasteiger partial charge is 0.483 e. The lowest BCUT2D eigenvalue weighted by Crippen LogP contribution is -2.43. The molecule has 0 aromatic heterocycles. The van der Waals surface area contributed by atoms with Crippen LogP contribution in [0, 0.1) is 0 Å². The molecule has 0 aromatic rings. The van der Waals surface area contributed by atoms with E-state index in [-0.39, 0.29) is 0 Å². The number of hydrogen-bond acceptors (Lipinski definition) is 4. The Morgan fingerprint density at radius 2 is 0.654 bits per heavy atom. The van der Waals surface area contributed by atoms with Crippen LogP contribution < -0.4 is 0 Å². The van der Waals surface area contributed by atoms with E-state index in [0.29, 0.717) is 0 Å². The predicted molar refractivity (Wildman–Crippen MR) is 72.3 cm³/mol. The lowest BCUT2D eigenvalue weighted by atomic mass is 10.7. The number of phosphoric acid groups is 1. The van der Waals surface area contributed by atoms with E-state index in [2.05, 4.69) is 83.2 Å². The molecule has 20 heteroatoms. The first-order valence-electron chi connectivity index (χ1n) is 4.93. The van der Waals surface area contributed by atoms with E-state index in [1.54, 1.807) is 0 Å². The van der Waals surface area contributed by atoms with Crippen LogP contribution in [0.2, 0.25) is 0 Å². The number of phosphoric ester groups is 1. The van der Waals surface area contributed by atoms with Crippen molar-refractivity contribution in [2.75, 3.05) is 0 Å². The van der Waals surface area contributed by atoms with Gasteiger partial charge in [-0.05, 0) is 0 Å². The van der Waals surface area contributed by atoms with E-state index in [0.717, 1.165) is 0 Å². The molecule has 0 N–H and O–H groups in total. The van der Waals surface area contributed by atoms with Crippen molar-refractivity contribution in [3.8, 4) is 0 Å². The highest BCUT2D eigenvalue weighted by atomic mass is 35.5. The van der Waals surface area contributed by atoms with Gasteiger partial charge in [0, 0.05) is 0 Å². The van der Waals surface area contributed by atoms with Gasteiger partial charge in [-0.25, -0.2) is 18.1 Å². The minimum atomic E-state index is -6.82. The summed E-state index contributed by atoms with van der Waals surface area (Å²) in [7, 11) is -6.82. The van der Waals surface area contributed by atoms with Crippen LogP contribution in [0.3, 0.4) is 0 Å². The van der Waals surface area contributed by atoms with Gasteiger partial charge in [-0.3, -0.25) is 0 Å². The van der Waals surface area contributed by atoms with Gasteiger partial charge in [-0.1, -0.05) is 69.6 Å². The summed E-state index contributed by atoms with van der Waals surface area (Å²) in [5.74, 6) is 0. The monoisotopic (exact) mass is 548 g/mol. The average Bonchev–Trinajstić information content (AvgIpc) is 2.19. The molecule has 0 atom stereocenters. The molecule has 0 spiro atoms. The van der Waals surface area contributed by atoms with Gasteiger partial charge in [0.05, 0.1) is 0 Å². The van der Waals surface area contributed by atoms with Gasteiger partial charge in [-0.15, -0.1) is 0 Å². The third-order valence-corrected chi connectivity index (χ3v) is 5.56. The van der Waals surface area contributed by atoms with Crippen molar-refractivity contribution >= 4 is 77.4 Å². The topological polar surface area (TPSA) is 44.8 Å². The highest BCUT2D eigenvalue weighted by molar-refractivity contribution is 7.49. The van der Waals surface area contributed by atoms with Crippen molar-refractivity contribution in [1.82, 2.24) is 0 Å². The second kappa shape index (κ2) is 7.81. The maximum atomic E-state index is 12.5. The van der Waals surface area contributed by atoms with Crippen LogP contribution in [0.15, 0.2) is 0 Å². The van der Waals surface area contributed by atoms with Crippen LogP contribution in [0.1, 0.15) is 0 Å². The van der Waals surface area contributed by atoms with E-state index < -0.39 is 39.9 Å². The second-order valence-electron chi connectivity index (χ2n) is 3.76.